The number of aromatic nitrogens is 1. The number of rotatable bonds is 7. The number of hydrogen-bond acceptors (Lipinski definition) is 4. The van der Waals surface area contributed by atoms with E-state index in [-0.39, 0.29) is 10.7 Å². The fourth-order valence-electron chi connectivity index (χ4n) is 1.98. The van der Waals surface area contributed by atoms with Gasteiger partial charge in [-0.2, -0.15) is 0 Å². The van der Waals surface area contributed by atoms with Gasteiger partial charge in [0.2, 0.25) is 0 Å². The quantitative estimate of drug-likeness (QED) is 0.760. The lowest BCUT2D eigenvalue weighted by atomic mass is 10.0. The molecule has 2 rings (SSSR count). The Balaban J connectivity index is 2.12. The van der Waals surface area contributed by atoms with E-state index in [9.17, 15) is 8.42 Å². The number of nitrogens with zero attached hydrogens (tertiary/aromatic N) is 1. The van der Waals surface area contributed by atoms with Crippen LogP contribution in [-0.4, -0.2) is 19.9 Å². The van der Waals surface area contributed by atoms with E-state index in [1.807, 2.05) is 12.1 Å². The molecule has 0 amide bonds. The van der Waals surface area contributed by atoms with Crippen LogP contribution in [0.1, 0.15) is 25.3 Å². The van der Waals surface area contributed by atoms with Crippen LogP contribution in [0.5, 0.6) is 0 Å². The highest BCUT2D eigenvalue weighted by atomic mass is 32.2. The van der Waals surface area contributed by atoms with Crippen LogP contribution >= 0.6 is 0 Å². The van der Waals surface area contributed by atoms with Gasteiger partial charge in [-0.3, -0.25) is 4.72 Å². The van der Waals surface area contributed by atoms with Gasteiger partial charge in [-0.25, -0.2) is 13.4 Å². The van der Waals surface area contributed by atoms with Crippen molar-refractivity contribution in [3.8, 4) is 0 Å². The van der Waals surface area contributed by atoms with Crippen LogP contribution in [0.2, 0.25) is 0 Å². The molecule has 1 heterocycles. The maximum Gasteiger partial charge on any atom is 0.263 e. The summed E-state index contributed by atoms with van der Waals surface area (Å²) >= 11 is 0. The Hall–Kier alpha value is -2.34. The van der Waals surface area contributed by atoms with Crippen LogP contribution in [0, 0.1) is 0 Å². The molecule has 0 atom stereocenters. The van der Waals surface area contributed by atoms with Gasteiger partial charge in [0.25, 0.3) is 10.0 Å². The molecule has 2 N–H and O–H groups in total. The van der Waals surface area contributed by atoms with Crippen molar-refractivity contribution in [3.05, 3.63) is 60.8 Å². The van der Waals surface area contributed by atoms with E-state index in [2.05, 4.69) is 35.4 Å². The van der Waals surface area contributed by atoms with E-state index in [1.165, 1.54) is 0 Å². The molecule has 0 fully saturated rings. The van der Waals surface area contributed by atoms with Crippen molar-refractivity contribution in [1.29, 1.82) is 0 Å². The summed E-state index contributed by atoms with van der Waals surface area (Å²) in [5.41, 5.74) is 1.90. The molecule has 1 aromatic carbocycles. The van der Waals surface area contributed by atoms with E-state index < -0.39 is 10.0 Å². The molecular formula is C17H21N3O2S. The zero-order valence-electron chi connectivity index (χ0n) is 13.3. The van der Waals surface area contributed by atoms with Crippen molar-refractivity contribution in [3.63, 3.8) is 0 Å². The lowest BCUT2D eigenvalue weighted by Gasteiger charge is -2.10. The van der Waals surface area contributed by atoms with Crippen LogP contribution in [0.25, 0.3) is 0 Å². The average Bonchev–Trinajstić information content (AvgIpc) is 2.54. The Bertz CT molecular complexity index is 751. The van der Waals surface area contributed by atoms with Gasteiger partial charge >= 0.3 is 0 Å². The van der Waals surface area contributed by atoms with Gasteiger partial charge in [0, 0.05) is 6.54 Å². The third-order valence-corrected chi connectivity index (χ3v) is 4.68. The first-order valence-corrected chi connectivity index (χ1v) is 8.84. The number of sulfonamides is 1. The molecule has 0 bridgehead atoms. The first-order chi connectivity index (χ1) is 10.9. The predicted molar refractivity (Wildman–Crippen MR) is 94.3 cm³/mol. The second kappa shape index (κ2) is 7.28. The molecule has 5 nitrogen and oxygen atoms in total. The Labute approximate surface area is 137 Å². The highest BCUT2D eigenvalue weighted by molar-refractivity contribution is 7.92. The van der Waals surface area contributed by atoms with Crippen LogP contribution in [0.15, 0.2) is 60.1 Å². The van der Waals surface area contributed by atoms with Crippen LogP contribution < -0.4 is 10.0 Å². The summed E-state index contributed by atoms with van der Waals surface area (Å²) in [6.07, 6.45) is 3.31. The van der Waals surface area contributed by atoms with Crippen LogP contribution in [0.3, 0.4) is 0 Å². The molecule has 1 aromatic heterocycles. The maximum atomic E-state index is 12.4. The van der Waals surface area contributed by atoms with Crippen molar-refractivity contribution in [1.82, 2.24) is 4.98 Å². The second-order valence-corrected chi connectivity index (χ2v) is 7.11. The number of nitrogens with one attached hydrogen (secondary N) is 2. The van der Waals surface area contributed by atoms with Crippen molar-refractivity contribution >= 4 is 21.5 Å². The third kappa shape index (κ3) is 4.56. The van der Waals surface area contributed by atoms with Crippen molar-refractivity contribution in [2.45, 2.75) is 24.7 Å². The van der Waals surface area contributed by atoms with E-state index in [0.717, 1.165) is 11.3 Å². The summed E-state index contributed by atoms with van der Waals surface area (Å²) in [5, 5.41) is 3.08. The third-order valence-electron chi connectivity index (χ3n) is 3.31. The number of hydrogen-bond donors (Lipinski definition) is 2. The van der Waals surface area contributed by atoms with Crippen LogP contribution in [-0.2, 0) is 10.0 Å². The molecule has 0 unspecified atom stereocenters. The molecule has 6 heteroatoms. The Morgan fingerprint density at radius 1 is 1.17 bits per heavy atom. The summed E-state index contributed by atoms with van der Waals surface area (Å²) in [6.45, 7) is 8.36. The Morgan fingerprint density at radius 3 is 2.39 bits per heavy atom. The lowest BCUT2D eigenvalue weighted by molar-refractivity contribution is 0.601. The molecule has 0 saturated heterocycles. The minimum atomic E-state index is -3.63. The fraction of sp³-hybridized carbons (Fsp3) is 0.235. The van der Waals surface area contributed by atoms with Gasteiger partial charge in [-0.15, -0.1) is 6.58 Å². The average molecular weight is 331 g/mol. The highest BCUT2D eigenvalue weighted by Gasteiger charge is 2.15. The number of benzene rings is 1. The molecule has 0 aliphatic heterocycles. The van der Waals surface area contributed by atoms with E-state index in [4.69, 9.17) is 0 Å². The van der Waals surface area contributed by atoms with Crippen LogP contribution in [0.4, 0.5) is 11.5 Å². The first-order valence-electron chi connectivity index (χ1n) is 7.36. The second-order valence-electron chi connectivity index (χ2n) is 5.43. The largest absolute Gasteiger partial charge is 0.380 e. The molecule has 0 saturated carbocycles. The molecule has 0 radical (unpaired) electrons. The van der Waals surface area contributed by atoms with Gasteiger partial charge in [0.05, 0.1) is 16.8 Å². The van der Waals surface area contributed by atoms with Gasteiger partial charge in [0.1, 0.15) is 5.82 Å². The van der Waals surface area contributed by atoms with Crippen molar-refractivity contribution in [2.24, 2.45) is 0 Å². The van der Waals surface area contributed by atoms with Gasteiger partial charge in [-0.1, -0.05) is 32.1 Å². The van der Waals surface area contributed by atoms with Gasteiger partial charge in [-0.05, 0) is 35.7 Å². The maximum absolute atomic E-state index is 12.4. The van der Waals surface area contributed by atoms with E-state index in [1.54, 1.807) is 36.5 Å². The van der Waals surface area contributed by atoms with E-state index in [0.29, 0.717) is 12.5 Å². The fourth-order valence-corrected chi connectivity index (χ4v) is 2.99. The molecule has 23 heavy (non-hydrogen) atoms. The monoisotopic (exact) mass is 331 g/mol. The standard InChI is InChI=1S/C17H21N3O2S/c1-4-11-18-15-7-10-17(19-12-15)20-23(21,22)16-8-5-14(6-9-16)13(2)3/h4-10,12-13,18H,1,11H2,2-3H3,(H,19,20). The zero-order chi connectivity index (χ0) is 16.9. The summed E-state index contributed by atoms with van der Waals surface area (Å²) in [4.78, 5) is 4.32. The molecule has 2 aromatic rings. The normalized spacial score (nSPS) is 11.3. The topological polar surface area (TPSA) is 71.1 Å². The van der Waals surface area contributed by atoms with Crippen molar-refractivity contribution < 1.29 is 8.42 Å². The smallest absolute Gasteiger partial charge is 0.263 e. The Morgan fingerprint density at radius 2 is 1.87 bits per heavy atom. The molecule has 0 aliphatic carbocycles. The van der Waals surface area contributed by atoms with E-state index >= 15 is 0 Å². The first kappa shape index (κ1) is 17.0. The highest BCUT2D eigenvalue weighted by Crippen LogP contribution is 2.19. The summed E-state index contributed by atoms with van der Waals surface area (Å²) < 4.78 is 27.2. The van der Waals surface area contributed by atoms with Crippen molar-refractivity contribution in [2.75, 3.05) is 16.6 Å². The molecule has 0 aliphatic rings. The number of anilines is 2. The summed E-state index contributed by atoms with van der Waals surface area (Å²) in [5.74, 6) is 0.638. The SMILES string of the molecule is C=CCNc1ccc(NS(=O)(=O)c2ccc(C(C)C)cc2)nc1. The van der Waals surface area contributed by atoms with Gasteiger partial charge in [0.15, 0.2) is 0 Å². The lowest BCUT2D eigenvalue weighted by Crippen LogP contribution is -2.14. The number of pyridine rings is 1. The molecule has 0 spiro atoms. The predicted octanol–water partition coefficient (Wildman–Crippen LogP) is 3.60. The Kier molecular flexibility index (Phi) is 5.39. The minimum absolute atomic E-state index is 0.220. The molecular weight excluding hydrogens is 310 g/mol. The minimum Gasteiger partial charge on any atom is -0.380 e. The zero-order valence-corrected chi connectivity index (χ0v) is 14.1. The summed E-state index contributed by atoms with van der Waals surface area (Å²) in [6, 6.07) is 10.3. The van der Waals surface area contributed by atoms with Gasteiger partial charge < -0.3 is 5.32 Å². The summed E-state index contributed by atoms with van der Waals surface area (Å²) in [7, 11) is -3.63. The molecule has 122 valence electrons.